The van der Waals surface area contributed by atoms with Crippen LogP contribution in [-0.2, 0) is 9.53 Å². The highest BCUT2D eigenvalue weighted by Gasteiger charge is 2.24. The maximum Gasteiger partial charge on any atom is 0.135 e. The Kier molecular flexibility index (Phi) is 4.30. The Hall–Kier alpha value is -0.410. The van der Waals surface area contributed by atoms with E-state index in [0.29, 0.717) is 0 Å². The molecule has 0 aliphatic heterocycles. The molecule has 11 heavy (non-hydrogen) atoms. The highest BCUT2D eigenvalue weighted by Crippen LogP contribution is 2.11. The molecule has 0 fully saturated rings. The van der Waals surface area contributed by atoms with Gasteiger partial charge in [-0.15, -0.1) is 0 Å². The summed E-state index contributed by atoms with van der Waals surface area (Å²) < 4.78 is 4.96. The lowest BCUT2D eigenvalue weighted by atomic mass is 9.97. The van der Waals surface area contributed by atoms with Gasteiger partial charge in [-0.1, -0.05) is 6.92 Å². The van der Waals surface area contributed by atoms with E-state index in [0.717, 1.165) is 0 Å². The molecule has 0 aromatic carbocycles. The van der Waals surface area contributed by atoms with Gasteiger partial charge in [0.05, 0.1) is 12.2 Å². The van der Waals surface area contributed by atoms with Gasteiger partial charge in [0.1, 0.15) is 5.78 Å². The maximum atomic E-state index is 10.9. The van der Waals surface area contributed by atoms with Crippen molar-refractivity contribution in [1.29, 1.82) is 0 Å². The molecule has 66 valence electrons. The van der Waals surface area contributed by atoms with Gasteiger partial charge in [-0.3, -0.25) is 4.79 Å². The third-order valence-corrected chi connectivity index (χ3v) is 1.88. The molecule has 0 bridgehead atoms. The van der Waals surface area contributed by atoms with Crippen LogP contribution in [0.3, 0.4) is 0 Å². The van der Waals surface area contributed by atoms with Gasteiger partial charge in [0, 0.05) is 13.0 Å². The molecule has 0 spiro atoms. The Balaban J connectivity index is 4.13. The average Bonchev–Trinajstić information content (AvgIpc) is 1.88. The molecule has 3 heteroatoms. The summed E-state index contributed by atoms with van der Waals surface area (Å²) in [4.78, 5) is 10.9. The van der Waals surface area contributed by atoms with Crippen LogP contribution in [0.2, 0.25) is 0 Å². The summed E-state index contributed by atoms with van der Waals surface area (Å²) in [7, 11) is 1.50. The molecule has 1 N–H and O–H groups in total. The number of ketones is 1. The Labute approximate surface area is 67.4 Å². The number of Topliss-reactive ketones (excluding diaryl/α,β-unsaturated/α-hetero) is 1. The minimum absolute atomic E-state index is 0.0396. The van der Waals surface area contributed by atoms with Gasteiger partial charge in [0.15, 0.2) is 0 Å². The van der Waals surface area contributed by atoms with Crippen molar-refractivity contribution in [3.05, 3.63) is 0 Å². The first-order chi connectivity index (χ1) is 5.00. The van der Waals surface area contributed by atoms with Crippen LogP contribution >= 0.6 is 0 Å². The molecule has 0 aliphatic carbocycles. The predicted octanol–water partition coefficient (Wildman–Crippen LogP) is 0.607. The number of rotatable bonds is 4. The van der Waals surface area contributed by atoms with Crippen LogP contribution in [0.4, 0.5) is 0 Å². The number of hydrogen-bond donors (Lipinski definition) is 1. The molecular formula is C8H16O3. The van der Waals surface area contributed by atoms with Crippen molar-refractivity contribution in [1.82, 2.24) is 0 Å². The van der Waals surface area contributed by atoms with Crippen molar-refractivity contribution < 1.29 is 14.6 Å². The van der Waals surface area contributed by atoms with E-state index in [1.807, 2.05) is 0 Å². The molecule has 0 heterocycles. The summed E-state index contributed by atoms with van der Waals surface area (Å²) in [5.41, 5.74) is 0. The number of carbonyl (C=O) groups excluding carboxylic acids is 1. The summed E-state index contributed by atoms with van der Waals surface area (Å²) in [6.07, 6.45) is -0.980. The molecule has 0 saturated heterocycles. The number of carbonyl (C=O) groups is 1. The van der Waals surface area contributed by atoms with Crippen LogP contribution in [0.1, 0.15) is 20.8 Å². The lowest BCUT2D eigenvalue weighted by Crippen LogP contribution is -2.35. The van der Waals surface area contributed by atoms with Crippen molar-refractivity contribution >= 4 is 5.78 Å². The summed E-state index contributed by atoms with van der Waals surface area (Å²) in [5, 5.41) is 9.15. The topological polar surface area (TPSA) is 46.5 Å². The van der Waals surface area contributed by atoms with Crippen LogP contribution < -0.4 is 0 Å². The standard InChI is InChI=1S/C8H16O3/c1-5(6(2)9)8(11-4)7(3)10/h5,7-8,10H,1-4H3. The minimum Gasteiger partial charge on any atom is -0.391 e. The molecule has 0 radical (unpaired) electrons. The van der Waals surface area contributed by atoms with Crippen LogP contribution in [0.5, 0.6) is 0 Å². The fourth-order valence-corrected chi connectivity index (χ4v) is 1.05. The smallest absolute Gasteiger partial charge is 0.135 e. The number of aliphatic hydroxyl groups is 1. The molecule has 0 aliphatic rings. The SMILES string of the molecule is COC(C(C)O)C(C)C(C)=O. The maximum absolute atomic E-state index is 10.9. The third kappa shape index (κ3) is 2.99. The minimum atomic E-state index is -0.598. The molecule has 0 saturated carbocycles. The Morgan fingerprint density at radius 3 is 2.00 bits per heavy atom. The molecule has 3 unspecified atom stereocenters. The second-order valence-corrected chi connectivity index (χ2v) is 2.84. The van der Waals surface area contributed by atoms with Crippen molar-refractivity contribution in [2.24, 2.45) is 5.92 Å². The molecule has 0 rings (SSSR count). The zero-order chi connectivity index (χ0) is 9.02. The van der Waals surface area contributed by atoms with E-state index < -0.39 is 6.10 Å². The van der Waals surface area contributed by atoms with E-state index in [1.54, 1.807) is 13.8 Å². The van der Waals surface area contributed by atoms with Crippen molar-refractivity contribution in [2.75, 3.05) is 7.11 Å². The van der Waals surface area contributed by atoms with Gasteiger partial charge in [-0.2, -0.15) is 0 Å². The average molecular weight is 160 g/mol. The van der Waals surface area contributed by atoms with E-state index in [-0.39, 0.29) is 17.8 Å². The first kappa shape index (κ1) is 10.6. The third-order valence-electron chi connectivity index (χ3n) is 1.88. The van der Waals surface area contributed by atoms with Gasteiger partial charge in [0.2, 0.25) is 0 Å². The van der Waals surface area contributed by atoms with Crippen LogP contribution in [0.25, 0.3) is 0 Å². The molecule has 0 amide bonds. The molecule has 0 aromatic heterocycles. The Morgan fingerprint density at radius 1 is 1.45 bits per heavy atom. The number of ether oxygens (including phenoxy) is 1. The van der Waals surface area contributed by atoms with Crippen molar-refractivity contribution in [3.63, 3.8) is 0 Å². The molecular weight excluding hydrogens is 144 g/mol. The highest BCUT2D eigenvalue weighted by atomic mass is 16.5. The lowest BCUT2D eigenvalue weighted by Gasteiger charge is -2.22. The van der Waals surface area contributed by atoms with Gasteiger partial charge >= 0.3 is 0 Å². The summed E-state index contributed by atoms with van der Waals surface area (Å²) in [6, 6.07) is 0. The van der Waals surface area contributed by atoms with E-state index in [1.165, 1.54) is 14.0 Å². The first-order valence-electron chi connectivity index (χ1n) is 3.72. The Morgan fingerprint density at radius 2 is 1.91 bits per heavy atom. The molecule has 3 atom stereocenters. The number of hydrogen-bond acceptors (Lipinski definition) is 3. The van der Waals surface area contributed by atoms with Crippen LogP contribution in [0, 0.1) is 5.92 Å². The second kappa shape index (κ2) is 4.46. The normalized spacial score (nSPS) is 19.0. The first-order valence-corrected chi connectivity index (χ1v) is 3.72. The zero-order valence-corrected chi connectivity index (χ0v) is 7.50. The van der Waals surface area contributed by atoms with Gasteiger partial charge in [-0.05, 0) is 13.8 Å². The van der Waals surface area contributed by atoms with E-state index in [2.05, 4.69) is 0 Å². The predicted molar refractivity (Wildman–Crippen MR) is 42.3 cm³/mol. The lowest BCUT2D eigenvalue weighted by molar-refractivity contribution is -0.128. The van der Waals surface area contributed by atoms with Gasteiger partial charge in [-0.25, -0.2) is 0 Å². The van der Waals surface area contributed by atoms with Crippen LogP contribution in [-0.4, -0.2) is 30.2 Å². The van der Waals surface area contributed by atoms with E-state index >= 15 is 0 Å². The summed E-state index contributed by atoms with van der Waals surface area (Å²) in [6.45, 7) is 4.87. The zero-order valence-electron chi connectivity index (χ0n) is 7.50. The number of methoxy groups -OCH3 is 1. The van der Waals surface area contributed by atoms with Crippen molar-refractivity contribution in [3.8, 4) is 0 Å². The van der Waals surface area contributed by atoms with E-state index in [9.17, 15) is 4.79 Å². The monoisotopic (exact) mass is 160 g/mol. The van der Waals surface area contributed by atoms with Gasteiger partial charge < -0.3 is 9.84 Å². The number of aliphatic hydroxyl groups excluding tert-OH is 1. The fraction of sp³-hybridized carbons (Fsp3) is 0.875. The van der Waals surface area contributed by atoms with Crippen molar-refractivity contribution in [2.45, 2.75) is 33.0 Å². The highest BCUT2D eigenvalue weighted by molar-refractivity contribution is 5.78. The Bertz CT molecular complexity index is 131. The van der Waals surface area contributed by atoms with Gasteiger partial charge in [0.25, 0.3) is 0 Å². The quantitative estimate of drug-likeness (QED) is 0.655. The second-order valence-electron chi connectivity index (χ2n) is 2.84. The molecule has 0 aromatic rings. The van der Waals surface area contributed by atoms with Crippen LogP contribution in [0.15, 0.2) is 0 Å². The summed E-state index contributed by atoms with van der Waals surface area (Å²) in [5.74, 6) is -0.197. The van der Waals surface area contributed by atoms with E-state index in [4.69, 9.17) is 9.84 Å². The molecule has 3 nitrogen and oxygen atoms in total. The largest absolute Gasteiger partial charge is 0.391 e. The summed E-state index contributed by atoms with van der Waals surface area (Å²) >= 11 is 0. The fourth-order valence-electron chi connectivity index (χ4n) is 1.05.